The molecule has 2 aromatic rings. The van der Waals surface area contributed by atoms with E-state index < -0.39 is 10.8 Å². The third-order valence-electron chi connectivity index (χ3n) is 2.67. The predicted octanol–water partition coefficient (Wildman–Crippen LogP) is 2.29. The average Bonchev–Trinajstić information content (AvgIpc) is 2.41. The number of nitrogens with two attached hydrogens (primary N) is 1. The van der Waals surface area contributed by atoms with Crippen LogP contribution < -0.4 is 10.5 Å². The number of benzene rings is 2. The van der Waals surface area contributed by atoms with Gasteiger partial charge in [-0.2, -0.15) is 0 Å². The van der Waals surface area contributed by atoms with E-state index in [1.54, 1.807) is 42.5 Å². The Morgan fingerprint density at radius 1 is 1.21 bits per heavy atom. The van der Waals surface area contributed by atoms with Crippen molar-refractivity contribution in [1.29, 1.82) is 0 Å². The van der Waals surface area contributed by atoms with E-state index >= 15 is 0 Å². The van der Waals surface area contributed by atoms with Gasteiger partial charge in [-0.3, -0.25) is 4.21 Å². The molecular formula is C14H15NO3S. The second-order valence-electron chi connectivity index (χ2n) is 4.07. The third kappa shape index (κ3) is 3.26. The van der Waals surface area contributed by atoms with Crippen LogP contribution in [0.2, 0.25) is 0 Å². The molecule has 2 aromatic carbocycles. The molecule has 0 saturated carbocycles. The highest BCUT2D eigenvalue weighted by molar-refractivity contribution is 7.84. The summed E-state index contributed by atoms with van der Waals surface area (Å²) in [7, 11) is 0.301. The number of anilines is 1. The van der Waals surface area contributed by atoms with Crippen LogP contribution in [0.1, 0.15) is 5.56 Å². The highest BCUT2D eigenvalue weighted by atomic mass is 32.2. The second kappa shape index (κ2) is 5.75. The first-order chi connectivity index (χ1) is 9.10. The van der Waals surface area contributed by atoms with Crippen molar-refractivity contribution < 1.29 is 14.1 Å². The van der Waals surface area contributed by atoms with Gasteiger partial charge in [0.05, 0.1) is 28.6 Å². The van der Waals surface area contributed by atoms with Gasteiger partial charge in [0.15, 0.2) is 0 Å². The molecule has 0 aromatic heterocycles. The van der Waals surface area contributed by atoms with Gasteiger partial charge in [-0.15, -0.1) is 0 Å². The lowest BCUT2D eigenvalue weighted by Gasteiger charge is -2.09. The quantitative estimate of drug-likeness (QED) is 0.841. The molecule has 100 valence electrons. The van der Waals surface area contributed by atoms with E-state index in [9.17, 15) is 9.32 Å². The second-order valence-corrected chi connectivity index (χ2v) is 5.49. The molecule has 2 rings (SSSR count). The predicted molar refractivity (Wildman–Crippen MR) is 75.6 cm³/mol. The summed E-state index contributed by atoms with van der Waals surface area (Å²) in [4.78, 5) is 0.616. The van der Waals surface area contributed by atoms with Gasteiger partial charge in [0, 0.05) is 11.8 Å². The Hall–Kier alpha value is -2.01. The first kappa shape index (κ1) is 13.4. The van der Waals surface area contributed by atoms with Gasteiger partial charge in [-0.25, -0.2) is 0 Å². The Kier molecular flexibility index (Phi) is 4.06. The number of phenolic OH excluding ortho intramolecular Hbond substituents is 1. The molecule has 3 N–H and O–H groups in total. The van der Waals surface area contributed by atoms with Crippen LogP contribution in [0, 0.1) is 0 Å². The van der Waals surface area contributed by atoms with Gasteiger partial charge in [-0.1, -0.05) is 12.1 Å². The maximum absolute atomic E-state index is 12.3. The van der Waals surface area contributed by atoms with E-state index in [0.29, 0.717) is 22.1 Å². The summed E-state index contributed by atoms with van der Waals surface area (Å²) < 4.78 is 17.5. The summed E-state index contributed by atoms with van der Waals surface area (Å²) in [6.45, 7) is 0. The van der Waals surface area contributed by atoms with E-state index in [0.717, 1.165) is 5.56 Å². The summed E-state index contributed by atoms with van der Waals surface area (Å²) in [5.41, 5.74) is 7.12. The summed E-state index contributed by atoms with van der Waals surface area (Å²) in [6, 6.07) is 11.7. The monoisotopic (exact) mass is 277 g/mol. The number of nitrogen functional groups attached to an aromatic ring is 1. The lowest BCUT2D eigenvalue weighted by Crippen LogP contribution is -2.00. The van der Waals surface area contributed by atoms with Gasteiger partial charge in [-0.05, 0) is 29.8 Å². The standard InChI is InChI=1S/C14H15NO3S/c1-18-13-8-11(15)4-7-14(13)19(17)9-10-2-5-12(16)6-3-10/h2-8,16H,9,15H2,1H3. The van der Waals surface area contributed by atoms with E-state index in [1.807, 2.05) is 0 Å². The van der Waals surface area contributed by atoms with Crippen molar-refractivity contribution in [3.63, 3.8) is 0 Å². The molecule has 0 aliphatic heterocycles. The van der Waals surface area contributed by atoms with Gasteiger partial charge >= 0.3 is 0 Å². The van der Waals surface area contributed by atoms with Crippen LogP contribution in [0.5, 0.6) is 11.5 Å². The topological polar surface area (TPSA) is 72.5 Å². The lowest BCUT2D eigenvalue weighted by atomic mass is 10.2. The molecule has 0 heterocycles. The first-order valence-electron chi connectivity index (χ1n) is 5.70. The number of hydrogen-bond acceptors (Lipinski definition) is 4. The first-order valence-corrected chi connectivity index (χ1v) is 7.02. The fraction of sp³-hybridized carbons (Fsp3) is 0.143. The molecule has 1 atom stereocenters. The highest BCUT2D eigenvalue weighted by Gasteiger charge is 2.11. The Morgan fingerprint density at radius 2 is 1.89 bits per heavy atom. The van der Waals surface area contributed by atoms with Crippen LogP contribution in [-0.4, -0.2) is 16.4 Å². The number of ether oxygens (including phenoxy) is 1. The molecule has 4 nitrogen and oxygen atoms in total. The SMILES string of the molecule is COc1cc(N)ccc1S(=O)Cc1ccc(O)cc1. The summed E-state index contributed by atoms with van der Waals surface area (Å²) in [5.74, 6) is 1.08. The molecule has 0 aliphatic carbocycles. The van der Waals surface area contributed by atoms with E-state index in [1.165, 1.54) is 7.11 Å². The van der Waals surface area contributed by atoms with Crippen LogP contribution in [0.4, 0.5) is 5.69 Å². The van der Waals surface area contributed by atoms with Crippen LogP contribution in [0.25, 0.3) is 0 Å². The third-order valence-corrected chi connectivity index (χ3v) is 4.09. The van der Waals surface area contributed by atoms with Crippen molar-refractivity contribution in [1.82, 2.24) is 0 Å². The van der Waals surface area contributed by atoms with Gasteiger partial charge in [0.25, 0.3) is 0 Å². The Bertz CT molecular complexity index is 596. The fourth-order valence-electron chi connectivity index (χ4n) is 1.69. The Balaban J connectivity index is 2.22. The zero-order valence-electron chi connectivity index (χ0n) is 10.5. The molecule has 0 saturated heterocycles. The number of methoxy groups -OCH3 is 1. The molecule has 19 heavy (non-hydrogen) atoms. The molecule has 0 fully saturated rings. The zero-order chi connectivity index (χ0) is 13.8. The fourth-order valence-corrected chi connectivity index (χ4v) is 2.93. The molecule has 1 unspecified atom stereocenters. The number of rotatable bonds is 4. The van der Waals surface area contributed by atoms with Crippen LogP contribution >= 0.6 is 0 Å². The summed E-state index contributed by atoms with van der Waals surface area (Å²) in [5, 5.41) is 9.21. The number of phenols is 1. The summed E-state index contributed by atoms with van der Waals surface area (Å²) in [6.07, 6.45) is 0. The van der Waals surface area contributed by atoms with E-state index in [4.69, 9.17) is 10.5 Å². The van der Waals surface area contributed by atoms with Crippen molar-refractivity contribution in [2.75, 3.05) is 12.8 Å². The molecule has 0 aliphatic rings. The maximum atomic E-state index is 12.3. The molecule has 0 spiro atoms. The highest BCUT2D eigenvalue weighted by Crippen LogP contribution is 2.26. The number of hydrogen-bond donors (Lipinski definition) is 2. The van der Waals surface area contributed by atoms with E-state index in [-0.39, 0.29) is 5.75 Å². The molecule has 5 heteroatoms. The normalized spacial score (nSPS) is 12.1. The van der Waals surface area contributed by atoms with Gasteiger partial charge in [0.2, 0.25) is 0 Å². The minimum absolute atomic E-state index is 0.194. The van der Waals surface area contributed by atoms with Gasteiger partial charge < -0.3 is 15.6 Å². The van der Waals surface area contributed by atoms with Crippen molar-refractivity contribution in [3.8, 4) is 11.5 Å². The van der Waals surface area contributed by atoms with Crippen molar-refractivity contribution in [3.05, 3.63) is 48.0 Å². The maximum Gasteiger partial charge on any atom is 0.137 e. The van der Waals surface area contributed by atoms with E-state index in [2.05, 4.69) is 0 Å². The van der Waals surface area contributed by atoms with Crippen molar-refractivity contribution in [2.45, 2.75) is 10.6 Å². The molecule has 0 radical (unpaired) electrons. The zero-order valence-corrected chi connectivity index (χ0v) is 11.3. The van der Waals surface area contributed by atoms with Crippen LogP contribution in [-0.2, 0) is 16.6 Å². The average molecular weight is 277 g/mol. The smallest absolute Gasteiger partial charge is 0.137 e. The van der Waals surface area contributed by atoms with Crippen molar-refractivity contribution in [2.24, 2.45) is 0 Å². The minimum atomic E-state index is -1.22. The van der Waals surface area contributed by atoms with Crippen molar-refractivity contribution >= 4 is 16.5 Å². The molecule has 0 bridgehead atoms. The number of aromatic hydroxyl groups is 1. The lowest BCUT2D eigenvalue weighted by molar-refractivity contribution is 0.404. The van der Waals surface area contributed by atoms with Crippen LogP contribution in [0.3, 0.4) is 0 Å². The Morgan fingerprint density at radius 3 is 2.53 bits per heavy atom. The largest absolute Gasteiger partial charge is 0.508 e. The minimum Gasteiger partial charge on any atom is -0.508 e. The van der Waals surface area contributed by atoms with Crippen LogP contribution in [0.15, 0.2) is 47.4 Å². The Labute approximate surface area is 114 Å². The molecule has 0 amide bonds. The molecular weight excluding hydrogens is 262 g/mol. The summed E-state index contributed by atoms with van der Waals surface area (Å²) >= 11 is 0. The van der Waals surface area contributed by atoms with Gasteiger partial charge in [0.1, 0.15) is 11.5 Å².